The number of primary amides is 1. The molecule has 0 spiro atoms. The topological polar surface area (TPSA) is 98.4 Å². The highest BCUT2D eigenvalue weighted by Crippen LogP contribution is 2.27. The van der Waals surface area contributed by atoms with E-state index in [4.69, 9.17) is 15.2 Å². The average Bonchev–Trinajstić information content (AvgIpc) is 2.36. The first-order chi connectivity index (χ1) is 9.02. The maximum Gasteiger partial charge on any atom is 0.255 e. The molecule has 5 N–H and O–H groups in total. The lowest BCUT2D eigenvalue weighted by atomic mass is 10.2. The highest BCUT2D eigenvalue weighted by Gasteiger charge is 2.08. The first kappa shape index (κ1) is 15.3. The summed E-state index contributed by atoms with van der Waals surface area (Å²) in [5.74, 6) is 0.515. The summed E-state index contributed by atoms with van der Waals surface area (Å²) in [6, 6.07) is 5.47. The van der Waals surface area contributed by atoms with Crippen molar-refractivity contribution in [2.75, 3.05) is 20.3 Å². The van der Waals surface area contributed by atoms with Crippen molar-refractivity contribution in [2.24, 2.45) is 5.73 Å². The molecule has 1 aromatic rings. The van der Waals surface area contributed by atoms with Crippen molar-refractivity contribution in [2.45, 2.75) is 19.6 Å². The number of benzene rings is 1. The van der Waals surface area contributed by atoms with Gasteiger partial charge in [-0.25, -0.2) is 0 Å². The number of aliphatic hydroxyl groups excluding tert-OH is 1. The van der Waals surface area contributed by atoms with Crippen LogP contribution in [0.1, 0.15) is 12.5 Å². The molecular weight excluding hydrogens is 248 g/mol. The second kappa shape index (κ2) is 7.60. The van der Waals surface area contributed by atoms with Gasteiger partial charge in [-0.15, -0.1) is 0 Å². The lowest BCUT2D eigenvalue weighted by Gasteiger charge is -2.11. The number of hydrogen-bond acceptors (Lipinski definition) is 4. The molecule has 0 saturated heterocycles. The summed E-state index contributed by atoms with van der Waals surface area (Å²) in [7, 11) is 1.54. The van der Waals surface area contributed by atoms with Crippen molar-refractivity contribution in [3.05, 3.63) is 23.8 Å². The molecule has 6 heteroatoms. The van der Waals surface area contributed by atoms with Crippen molar-refractivity contribution in [1.29, 1.82) is 0 Å². The van der Waals surface area contributed by atoms with E-state index in [2.05, 4.69) is 0 Å². The zero-order valence-electron chi connectivity index (χ0n) is 11.3. The number of carbonyl (C=O) groups is 1. The Morgan fingerprint density at radius 2 is 2.21 bits per heavy atom. The first-order valence-electron chi connectivity index (χ1n) is 6.10. The predicted octanol–water partition coefficient (Wildman–Crippen LogP) is -0.996. The van der Waals surface area contributed by atoms with E-state index in [9.17, 15) is 9.90 Å². The standard InChI is InChI=1S/C13H20N2O4/c1-9(16)6-15-7-10-3-4-11(12(5-10)18-2)19-8-13(14)17/h3-5,9,15-16H,6-8H2,1-2H3,(H2,14,17)/p+1/t9-/m0/s1. The molecule has 19 heavy (non-hydrogen) atoms. The van der Waals surface area contributed by atoms with E-state index in [1.165, 1.54) is 7.11 Å². The third-order valence-electron chi connectivity index (χ3n) is 2.49. The van der Waals surface area contributed by atoms with Crippen LogP contribution < -0.4 is 20.5 Å². The number of quaternary nitrogens is 1. The Morgan fingerprint density at radius 1 is 1.47 bits per heavy atom. The van der Waals surface area contributed by atoms with E-state index in [0.29, 0.717) is 18.0 Å². The van der Waals surface area contributed by atoms with Crippen molar-refractivity contribution < 1.29 is 24.7 Å². The molecule has 1 atom stereocenters. The van der Waals surface area contributed by atoms with E-state index in [-0.39, 0.29) is 12.7 Å². The molecule has 0 unspecified atom stereocenters. The van der Waals surface area contributed by atoms with Crippen molar-refractivity contribution in [3.8, 4) is 11.5 Å². The molecule has 0 heterocycles. The van der Waals surface area contributed by atoms with Gasteiger partial charge in [0.2, 0.25) is 0 Å². The number of nitrogens with two attached hydrogens (primary N) is 2. The minimum atomic E-state index is -0.531. The van der Waals surface area contributed by atoms with Crippen LogP contribution in [0.2, 0.25) is 0 Å². The number of carbonyl (C=O) groups excluding carboxylic acids is 1. The van der Waals surface area contributed by atoms with Crippen LogP contribution in [-0.2, 0) is 11.3 Å². The second-order valence-electron chi connectivity index (χ2n) is 4.32. The molecule has 0 aromatic heterocycles. The number of hydrogen-bond donors (Lipinski definition) is 3. The fourth-order valence-corrected chi connectivity index (χ4v) is 1.60. The van der Waals surface area contributed by atoms with Crippen LogP contribution in [0, 0.1) is 0 Å². The lowest BCUT2D eigenvalue weighted by molar-refractivity contribution is -0.676. The van der Waals surface area contributed by atoms with Gasteiger partial charge in [0.05, 0.1) is 13.2 Å². The summed E-state index contributed by atoms with van der Waals surface area (Å²) in [4.78, 5) is 10.7. The minimum Gasteiger partial charge on any atom is -0.493 e. The van der Waals surface area contributed by atoms with Crippen LogP contribution in [0.5, 0.6) is 11.5 Å². The van der Waals surface area contributed by atoms with E-state index < -0.39 is 5.91 Å². The van der Waals surface area contributed by atoms with E-state index in [0.717, 1.165) is 12.1 Å². The average molecular weight is 269 g/mol. The fraction of sp³-hybridized carbons (Fsp3) is 0.462. The van der Waals surface area contributed by atoms with E-state index in [1.54, 1.807) is 13.0 Å². The number of rotatable bonds is 8. The van der Waals surface area contributed by atoms with Gasteiger partial charge in [-0.3, -0.25) is 4.79 Å². The normalized spacial score (nSPS) is 11.9. The van der Waals surface area contributed by atoms with Gasteiger partial charge in [0.15, 0.2) is 18.1 Å². The molecule has 106 valence electrons. The van der Waals surface area contributed by atoms with Crippen molar-refractivity contribution in [3.63, 3.8) is 0 Å². The van der Waals surface area contributed by atoms with Gasteiger partial charge in [0.25, 0.3) is 5.91 Å². The molecule has 0 saturated carbocycles. The number of ether oxygens (including phenoxy) is 2. The Kier molecular flexibility index (Phi) is 6.11. The second-order valence-corrected chi connectivity index (χ2v) is 4.32. The fourth-order valence-electron chi connectivity index (χ4n) is 1.60. The zero-order valence-corrected chi connectivity index (χ0v) is 11.3. The van der Waals surface area contributed by atoms with Crippen LogP contribution in [0.4, 0.5) is 0 Å². The summed E-state index contributed by atoms with van der Waals surface area (Å²) < 4.78 is 10.4. The molecule has 0 fully saturated rings. The van der Waals surface area contributed by atoms with Gasteiger partial charge in [0, 0.05) is 5.56 Å². The Labute approximate surface area is 112 Å². The molecule has 0 aliphatic rings. The first-order valence-corrected chi connectivity index (χ1v) is 6.10. The molecule has 1 amide bonds. The van der Waals surface area contributed by atoms with Gasteiger partial charge < -0.3 is 25.6 Å². The zero-order chi connectivity index (χ0) is 14.3. The van der Waals surface area contributed by atoms with Crippen LogP contribution in [0.15, 0.2) is 18.2 Å². The molecular formula is C13H21N2O4+. The minimum absolute atomic E-state index is 0.177. The Morgan fingerprint density at radius 3 is 2.79 bits per heavy atom. The van der Waals surface area contributed by atoms with Crippen LogP contribution in [-0.4, -0.2) is 37.4 Å². The van der Waals surface area contributed by atoms with Crippen LogP contribution in [0.3, 0.4) is 0 Å². The van der Waals surface area contributed by atoms with Gasteiger partial charge in [-0.05, 0) is 25.1 Å². The third-order valence-corrected chi connectivity index (χ3v) is 2.49. The summed E-state index contributed by atoms with van der Waals surface area (Å²) in [6.45, 7) is 2.95. The van der Waals surface area contributed by atoms with Crippen LogP contribution in [0.25, 0.3) is 0 Å². The molecule has 1 rings (SSSR count). The number of methoxy groups -OCH3 is 1. The Bertz CT molecular complexity index is 421. The van der Waals surface area contributed by atoms with Gasteiger partial charge in [-0.2, -0.15) is 0 Å². The molecule has 1 aromatic carbocycles. The largest absolute Gasteiger partial charge is 0.493 e. The SMILES string of the molecule is COc1cc(C[NH2+]C[C@H](C)O)ccc1OCC(N)=O. The quantitative estimate of drug-likeness (QED) is 0.564. The number of aliphatic hydroxyl groups is 1. The Hall–Kier alpha value is -1.79. The smallest absolute Gasteiger partial charge is 0.255 e. The molecule has 0 radical (unpaired) electrons. The van der Waals surface area contributed by atoms with Gasteiger partial charge in [0.1, 0.15) is 13.1 Å². The van der Waals surface area contributed by atoms with Crippen molar-refractivity contribution in [1.82, 2.24) is 0 Å². The molecule has 0 aliphatic carbocycles. The van der Waals surface area contributed by atoms with E-state index >= 15 is 0 Å². The highest BCUT2D eigenvalue weighted by atomic mass is 16.5. The maximum atomic E-state index is 10.7. The Balaban J connectivity index is 2.64. The summed E-state index contributed by atoms with van der Waals surface area (Å²) in [5.41, 5.74) is 6.07. The summed E-state index contributed by atoms with van der Waals surface area (Å²) >= 11 is 0. The van der Waals surface area contributed by atoms with E-state index in [1.807, 2.05) is 17.4 Å². The van der Waals surface area contributed by atoms with Gasteiger partial charge in [-0.1, -0.05) is 0 Å². The summed E-state index contributed by atoms with van der Waals surface area (Å²) in [5, 5.41) is 11.2. The third kappa shape index (κ3) is 5.58. The monoisotopic (exact) mass is 269 g/mol. The summed E-state index contributed by atoms with van der Waals surface area (Å²) in [6.07, 6.45) is -0.333. The molecule has 0 bridgehead atoms. The maximum absolute atomic E-state index is 10.7. The number of amides is 1. The van der Waals surface area contributed by atoms with Crippen molar-refractivity contribution >= 4 is 5.91 Å². The lowest BCUT2D eigenvalue weighted by Crippen LogP contribution is -2.84. The molecule has 0 aliphatic heterocycles. The van der Waals surface area contributed by atoms with Gasteiger partial charge >= 0.3 is 0 Å². The predicted molar refractivity (Wildman–Crippen MR) is 69.9 cm³/mol. The highest BCUT2D eigenvalue weighted by molar-refractivity contribution is 5.75. The molecule has 6 nitrogen and oxygen atoms in total. The van der Waals surface area contributed by atoms with Crippen LogP contribution >= 0.6 is 0 Å².